The molecule has 0 aromatic heterocycles. The van der Waals surface area contributed by atoms with Crippen LogP contribution in [0, 0.1) is 0 Å². The summed E-state index contributed by atoms with van der Waals surface area (Å²) in [4.78, 5) is 12.1. The van der Waals surface area contributed by atoms with Gasteiger partial charge in [0.25, 0.3) is 0 Å². The molecule has 0 heterocycles. The summed E-state index contributed by atoms with van der Waals surface area (Å²) in [6.45, 7) is 4.26. The molecule has 0 amide bonds. The maximum Gasteiger partial charge on any atom is 0.326 e. The molecule has 1 N–H and O–H groups in total. The van der Waals surface area contributed by atoms with Crippen LogP contribution in [0.15, 0.2) is 0 Å². The molecule has 1 saturated carbocycles. The van der Waals surface area contributed by atoms with Crippen molar-refractivity contribution in [1.29, 1.82) is 0 Å². The molecule has 17 heavy (non-hydrogen) atoms. The van der Waals surface area contributed by atoms with E-state index in [0.717, 1.165) is 25.7 Å². The zero-order valence-electron chi connectivity index (χ0n) is 11.6. The minimum atomic E-state index is -0.437. The lowest BCUT2D eigenvalue weighted by Crippen LogP contribution is -2.55. The Hall–Kier alpha value is -0.570. The molecule has 1 aliphatic rings. The van der Waals surface area contributed by atoms with E-state index in [4.69, 9.17) is 4.74 Å². The van der Waals surface area contributed by atoms with E-state index in [1.165, 1.54) is 32.8 Å². The summed E-state index contributed by atoms with van der Waals surface area (Å²) in [6, 6.07) is 0.507. The van der Waals surface area contributed by atoms with Gasteiger partial charge in [0.05, 0.1) is 7.11 Å². The second kappa shape index (κ2) is 7.00. The lowest BCUT2D eigenvalue weighted by molar-refractivity contribution is -0.150. The van der Waals surface area contributed by atoms with Crippen LogP contribution in [0.1, 0.15) is 65.2 Å². The minimum Gasteiger partial charge on any atom is -0.468 e. The van der Waals surface area contributed by atoms with E-state index in [1.54, 1.807) is 0 Å². The Morgan fingerprint density at radius 2 is 1.76 bits per heavy atom. The average Bonchev–Trinajstić information content (AvgIpc) is 2.81. The molecule has 0 aliphatic heterocycles. The summed E-state index contributed by atoms with van der Waals surface area (Å²) in [5.74, 6) is -0.0758. The lowest BCUT2D eigenvalue weighted by atomic mass is 9.87. The number of hydrogen-bond acceptors (Lipinski definition) is 3. The highest BCUT2D eigenvalue weighted by atomic mass is 16.5. The van der Waals surface area contributed by atoms with Crippen LogP contribution in [-0.2, 0) is 9.53 Å². The number of rotatable bonds is 7. The number of carbonyl (C=O) groups excluding carboxylic acids is 1. The topological polar surface area (TPSA) is 38.3 Å². The van der Waals surface area contributed by atoms with Crippen LogP contribution in [0.4, 0.5) is 0 Å². The molecule has 3 heteroatoms. The van der Waals surface area contributed by atoms with Crippen molar-refractivity contribution in [2.45, 2.75) is 76.8 Å². The van der Waals surface area contributed by atoms with Gasteiger partial charge in [0.1, 0.15) is 5.54 Å². The number of nitrogens with one attached hydrogen (secondary N) is 1. The van der Waals surface area contributed by atoms with Crippen LogP contribution < -0.4 is 5.32 Å². The smallest absolute Gasteiger partial charge is 0.326 e. The van der Waals surface area contributed by atoms with Gasteiger partial charge in [-0.05, 0) is 25.7 Å². The van der Waals surface area contributed by atoms with Crippen molar-refractivity contribution >= 4 is 5.97 Å². The molecule has 0 unspecified atom stereocenters. The maximum absolute atomic E-state index is 12.1. The molecule has 0 saturated heterocycles. The fourth-order valence-corrected chi connectivity index (χ4v) is 3.04. The summed E-state index contributed by atoms with van der Waals surface area (Å²) in [7, 11) is 1.50. The number of esters is 1. The van der Waals surface area contributed by atoms with E-state index in [1.807, 2.05) is 0 Å². The van der Waals surface area contributed by atoms with Gasteiger partial charge < -0.3 is 4.74 Å². The van der Waals surface area contributed by atoms with Crippen LogP contribution in [0.3, 0.4) is 0 Å². The Morgan fingerprint density at radius 1 is 1.24 bits per heavy atom. The molecule has 3 nitrogen and oxygen atoms in total. The minimum absolute atomic E-state index is 0.0758. The quantitative estimate of drug-likeness (QED) is 0.696. The van der Waals surface area contributed by atoms with Gasteiger partial charge in [0.2, 0.25) is 0 Å². The number of hydrogen-bond donors (Lipinski definition) is 1. The number of ether oxygens (including phenoxy) is 1. The Labute approximate surface area is 105 Å². The van der Waals surface area contributed by atoms with Crippen molar-refractivity contribution in [1.82, 2.24) is 5.32 Å². The normalized spacial score (nSPS) is 17.4. The fourth-order valence-electron chi connectivity index (χ4n) is 3.04. The van der Waals surface area contributed by atoms with Crippen LogP contribution in [0.2, 0.25) is 0 Å². The van der Waals surface area contributed by atoms with Crippen LogP contribution in [0.5, 0.6) is 0 Å². The highest BCUT2D eigenvalue weighted by molar-refractivity contribution is 5.80. The second-order valence-electron chi connectivity index (χ2n) is 5.20. The summed E-state index contributed by atoms with van der Waals surface area (Å²) in [6.07, 6.45) is 8.75. The van der Waals surface area contributed by atoms with Crippen LogP contribution in [-0.4, -0.2) is 24.7 Å². The van der Waals surface area contributed by atoms with E-state index in [-0.39, 0.29) is 5.97 Å². The maximum atomic E-state index is 12.1. The van der Waals surface area contributed by atoms with Crippen molar-refractivity contribution in [2.75, 3.05) is 7.11 Å². The van der Waals surface area contributed by atoms with Crippen molar-refractivity contribution in [3.8, 4) is 0 Å². The molecule has 1 aliphatic carbocycles. The first-order valence-electron chi connectivity index (χ1n) is 7.04. The second-order valence-corrected chi connectivity index (χ2v) is 5.20. The van der Waals surface area contributed by atoms with Gasteiger partial charge in [-0.3, -0.25) is 10.1 Å². The van der Waals surface area contributed by atoms with Gasteiger partial charge >= 0.3 is 5.97 Å². The molecule has 0 aromatic carbocycles. The third-order valence-corrected chi connectivity index (χ3v) is 3.77. The van der Waals surface area contributed by atoms with E-state index in [9.17, 15) is 4.79 Å². The highest BCUT2D eigenvalue weighted by Gasteiger charge is 2.39. The summed E-state index contributed by atoms with van der Waals surface area (Å²) < 4.78 is 5.03. The first-order valence-corrected chi connectivity index (χ1v) is 7.04. The van der Waals surface area contributed by atoms with Crippen molar-refractivity contribution < 1.29 is 9.53 Å². The third kappa shape index (κ3) is 3.70. The van der Waals surface area contributed by atoms with E-state index < -0.39 is 5.54 Å². The summed E-state index contributed by atoms with van der Waals surface area (Å²) in [5.41, 5.74) is -0.437. The van der Waals surface area contributed by atoms with Gasteiger partial charge in [0.15, 0.2) is 0 Å². The highest BCUT2D eigenvalue weighted by Crippen LogP contribution is 2.27. The molecular formula is C14H27NO2. The summed E-state index contributed by atoms with van der Waals surface area (Å²) in [5, 5.41) is 3.61. The molecule has 0 bridgehead atoms. The zero-order chi connectivity index (χ0) is 12.7. The zero-order valence-corrected chi connectivity index (χ0v) is 11.6. The molecular weight excluding hydrogens is 214 g/mol. The summed E-state index contributed by atoms with van der Waals surface area (Å²) >= 11 is 0. The van der Waals surface area contributed by atoms with Crippen LogP contribution in [0.25, 0.3) is 0 Å². The first kappa shape index (κ1) is 14.5. The fraction of sp³-hybridized carbons (Fsp3) is 0.929. The molecule has 0 radical (unpaired) electrons. The first-order chi connectivity index (χ1) is 8.18. The van der Waals surface area contributed by atoms with Crippen molar-refractivity contribution in [3.63, 3.8) is 0 Å². The van der Waals surface area contributed by atoms with E-state index >= 15 is 0 Å². The van der Waals surface area contributed by atoms with Crippen molar-refractivity contribution in [2.24, 2.45) is 0 Å². The Kier molecular flexibility index (Phi) is 5.96. The molecule has 100 valence electrons. The molecule has 1 rings (SSSR count). The van der Waals surface area contributed by atoms with Gasteiger partial charge in [-0.15, -0.1) is 0 Å². The van der Waals surface area contributed by atoms with Gasteiger partial charge in [-0.25, -0.2) is 0 Å². The predicted molar refractivity (Wildman–Crippen MR) is 70.0 cm³/mol. The Balaban J connectivity index is 2.75. The van der Waals surface area contributed by atoms with Gasteiger partial charge in [0, 0.05) is 6.04 Å². The predicted octanol–water partition coefficient (Wildman–Crippen LogP) is 3.03. The SMILES string of the molecule is CCCC(CCC)(NC1CCCC1)C(=O)OC. The van der Waals surface area contributed by atoms with Crippen molar-refractivity contribution in [3.05, 3.63) is 0 Å². The van der Waals surface area contributed by atoms with E-state index in [2.05, 4.69) is 19.2 Å². The molecule has 0 aromatic rings. The molecule has 0 atom stereocenters. The molecule has 1 fully saturated rings. The number of methoxy groups -OCH3 is 1. The van der Waals surface area contributed by atoms with Gasteiger partial charge in [-0.1, -0.05) is 39.5 Å². The standard InChI is InChI=1S/C14H27NO2/c1-4-10-14(11-5-2,13(16)17-3)15-12-8-6-7-9-12/h12,15H,4-11H2,1-3H3. The Bertz CT molecular complexity index is 228. The van der Waals surface area contributed by atoms with Gasteiger partial charge in [-0.2, -0.15) is 0 Å². The number of carbonyl (C=O) groups is 1. The van der Waals surface area contributed by atoms with E-state index in [0.29, 0.717) is 6.04 Å². The third-order valence-electron chi connectivity index (χ3n) is 3.77. The lowest BCUT2D eigenvalue weighted by Gasteiger charge is -2.34. The average molecular weight is 241 g/mol. The largest absolute Gasteiger partial charge is 0.468 e. The van der Waals surface area contributed by atoms with Crippen LogP contribution >= 0.6 is 0 Å². The Morgan fingerprint density at radius 3 is 2.18 bits per heavy atom. The molecule has 0 spiro atoms. The monoisotopic (exact) mass is 241 g/mol.